The van der Waals surface area contributed by atoms with Gasteiger partial charge in [0.25, 0.3) is 0 Å². The molecule has 0 aliphatic rings. The van der Waals surface area contributed by atoms with Gasteiger partial charge in [-0.3, -0.25) is 9.59 Å². The lowest BCUT2D eigenvalue weighted by molar-refractivity contribution is -0.137. The number of carbonyl (C=O) groups excluding carboxylic acids is 2. The smallest absolute Gasteiger partial charge is 0.368 e. The predicted octanol–water partition coefficient (Wildman–Crippen LogP) is 4.05. The minimum atomic E-state index is -4.51. The Labute approximate surface area is 177 Å². The van der Waals surface area contributed by atoms with Crippen molar-refractivity contribution in [2.75, 3.05) is 0 Å². The predicted molar refractivity (Wildman–Crippen MR) is 111 cm³/mol. The van der Waals surface area contributed by atoms with Crippen LogP contribution in [0.25, 0.3) is 0 Å². The van der Waals surface area contributed by atoms with Crippen LogP contribution in [0.5, 0.6) is 0 Å². The van der Waals surface area contributed by atoms with Crippen molar-refractivity contribution in [2.45, 2.75) is 24.6 Å². The molecule has 1 atom stereocenters. The largest absolute Gasteiger partial charge is 0.416 e. The first kappa shape index (κ1) is 22.1. The molecule has 0 spiro atoms. The molecule has 160 valence electrons. The topological polar surface area (TPSA) is 72.2 Å². The molecule has 3 aromatic carbocycles. The van der Waals surface area contributed by atoms with Crippen molar-refractivity contribution in [3.05, 3.63) is 107 Å². The quantitative estimate of drug-likeness (QED) is 0.598. The number of nitrogens with two attached hydrogens (primary N) is 1. The Kier molecular flexibility index (Phi) is 6.74. The Morgan fingerprint density at radius 1 is 0.839 bits per heavy atom. The minimum absolute atomic E-state index is 0.187. The summed E-state index contributed by atoms with van der Waals surface area (Å²) in [5.41, 5.74) is 6.53. The number of hydrogen-bond acceptors (Lipinski definition) is 2. The van der Waals surface area contributed by atoms with Gasteiger partial charge in [-0.05, 0) is 22.8 Å². The van der Waals surface area contributed by atoms with Crippen LogP contribution < -0.4 is 11.1 Å². The first-order chi connectivity index (χ1) is 14.8. The van der Waals surface area contributed by atoms with E-state index in [0.29, 0.717) is 0 Å². The second-order valence-corrected chi connectivity index (χ2v) is 7.12. The summed E-state index contributed by atoms with van der Waals surface area (Å²) in [5, 5.41) is 2.63. The lowest BCUT2D eigenvalue weighted by atomic mass is 9.84. The molecular formula is C24H21F3N2O2. The summed E-state index contributed by atoms with van der Waals surface area (Å²) in [6, 6.07) is 21.7. The fourth-order valence-electron chi connectivity index (χ4n) is 3.48. The van der Waals surface area contributed by atoms with E-state index in [1.54, 1.807) is 0 Å². The summed E-state index contributed by atoms with van der Waals surface area (Å²) in [6.45, 7) is 0. The van der Waals surface area contributed by atoms with Gasteiger partial charge in [-0.2, -0.15) is 13.2 Å². The second-order valence-electron chi connectivity index (χ2n) is 7.12. The molecule has 0 radical (unpaired) electrons. The Hall–Kier alpha value is -3.61. The van der Waals surface area contributed by atoms with E-state index in [2.05, 4.69) is 5.32 Å². The van der Waals surface area contributed by atoms with Gasteiger partial charge in [0.1, 0.15) is 6.04 Å². The van der Waals surface area contributed by atoms with Crippen molar-refractivity contribution >= 4 is 11.8 Å². The van der Waals surface area contributed by atoms with E-state index < -0.39 is 35.5 Å². The molecular weight excluding hydrogens is 405 g/mol. The Bertz CT molecular complexity index is 998. The highest BCUT2D eigenvalue weighted by atomic mass is 19.4. The Balaban J connectivity index is 1.87. The summed E-state index contributed by atoms with van der Waals surface area (Å²) in [7, 11) is 0. The summed E-state index contributed by atoms with van der Waals surface area (Å²) in [5.74, 6) is -1.89. The fraction of sp³-hybridized carbons (Fsp3) is 0.167. The monoisotopic (exact) mass is 426 g/mol. The maximum absolute atomic E-state index is 12.9. The molecule has 0 fully saturated rings. The first-order valence-corrected chi connectivity index (χ1v) is 9.60. The van der Waals surface area contributed by atoms with Crippen LogP contribution in [-0.4, -0.2) is 17.9 Å². The van der Waals surface area contributed by atoms with E-state index in [0.717, 1.165) is 23.3 Å². The van der Waals surface area contributed by atoms with Gasteiger partial charge in [0.05, 0.1) is 12.0 Å². The molecule has 0 unspecified atom stereocenters. The van der Waals surface area contributed by atoms with Crippen LogP contribution in [0.1, 0.15) is 28.2 Å². The van der Waals surface area contributed by atoms with Crippen molar-refractivity contribution in [3.63, 3.8) is 0 Å². The zero-order valence-corrected chi connectivity index (χ0v) is 16.5. The molecule has 2 amide bonds. The lowest BCUT2D eigenvalue weighted by Gasteiger charge is -2.27. The number of hydrogen-bond donors (Lipinski definition) is 2. The molecule has 0 bridgehead atoms. The van der Waals surface area contributed by atoms with Gasteiger partial charge in [-0.1, -0.05) is 78.9 Å². The molecule has 3 N–H and O–H groups in total. The number of alkyl halides is 3. The highest BCUT2D eigenvalue weighted by molar-refractivity contribution is 5.88. The highest BCUT2D eigenvalue weighted by Crippen LogP contribution is 2.30. The normalized spacial score (nSPS) is 12.4. The molecule has 0 heterocycles. The lowest BCUT2D eigenvalue weighted by Crippen LogP contribution is -2.49. The van der Waals surface area contributed by atoms with Gasteiger partial charge in [-0.15, -0.1) is 0 Å². The summed E-state index contributed by atoms with van der Waals surface area (Å²) >= 11 is 0. The van der Waals surface area contributed by atoms with Gasteiger partial charge >= 0.3 is 6.18 Å². The van der Waals surface area contributed by atoms with Gasteiger partial charge in [0, 0.05) is 5.92 Å². The molecule has 3 rings (SSSR count). The molecule has 0 aromatic heterocycles. The minimum Gasteiger partial charge on any atom is -0.368 e. The van der Waals surface area contributed by atoms with Crippen molar-refractivity contribution in [1.82, 2.24) is 5.32 Å². The van der Waals surface area contributed by atoms with Gasteiger partial charge in [0.2, 0.25) is 11.8 Å². The summed E-state index contributed by atoms with van der Waals surface area (Å²) in [6.07, 6.45) is -4.82. The molecule has 0 saturated carbocycles. The number of benzene rings is 3. The third kappa shape index (κ3) is 5.72. The third-order valence-corrected chi connectivity index (χ3v) is 4.89. The average molecular weight is 426 g/mol. The Morgan fingerprint density at radius 2 is 1.39 bits per heavy atom. The molecule has 3 aromatic rings. The van der Waals surface area contributed by atoms with Gasteiger partial charge in [0.15, 0.2) is 0 Å². The number of amides is 2. The molecule has 0 saturated heterocycles. The fourth-order valence-corrected chi connectivity index (χ4v) is 3.48. The number of rotatable bonds is 7. The van der Waals surface area contributed by atoms with Crippen LogP contribution in [0.3, 0.4) is 0 Å². The van der Waals surface area contributed by atoms with Gasteiger partial charge < -0.3 is 11.1 Å². The summed E-state index contributed by atoms with van der Waals surface area (Å²) < 4.78 is 38.8. The third-order valence-electron chi connectivity index (χ3n) is 4.89. The van der Waals surface area contributed by atoms with E-state index in [-0.39, 0.29) is 12.0 Å². The van der Waals surface area contributed by atoms with Crippen LogP contribution >= 0.6 is 0 Å². The van der Waals surface area contributed by atoms with Crippen molar-refractivity contribution < 1.29 is 22.8 Å². The van der Waals surface area contributed by atoms with Crippen LogP contribution in [0.15, 0.2) is 84.9 Å². The van der Waals surface area contributed by atoms with Crippen molar-refractivity contribution in [2.24, 2.45) is 5.73 Å². The maximum atomic E-state index is 12.9. The van der Waals surface area contributed by atoms with E-state index in [4.69, 9.17) is 5.73 Å². The molecule has 7 heteroatoms. The summed E-state index contributed by atoms with van der Waals surface area (Å²) in [4.78, 5) is 25.0. The number of carbonyl (C=O) groups is 2. The van der Waals surface area contributed by atoms with Crippen LogP contribution in [0.4, 0.5) is 13.2 Å². The van der Waals surface area contributed by atoms with E-state index in [1.807, 2.05) is 60.7 Å². The standard InChI is InChI=1S/C24H21F3N2O2/c25-24(26,27)19-13-7-8-16(14-19)15-20(30)29-22(23(28)31)21(17-9-3-1-4-10-17)18-11-5-2-6-12-18/h1-14,21-22H,15H2,(H2,28,31)(H,29,30)/t22-/m0/s1. The zero-order chi connectivity index (χ0) is 22.4. The van der Waals surface area contributed by atoms with E-state index in [1.165, 1.54) is 12.1 Å². The average Bonchev–Trinajstić information content (AvgIpc) is 2.74. The van der Waals surface area contributed by atoms with Gasteiger partial charge in [-0.25, -0.2) is 0 Å². The maximum Gasteiger partial charge on any atom is 0.416 e. The molecule has 0 aliphatic carbocycles. The second kappa shape index (κ2) is 9.47. The van der Waals surface area contributed by atoms with E-state index >= 15 is 0 Å². The number of halogens is 3. The molecule has 4 nitrogen and oxygen atoms in total. The van der Waals surface area contributed by atoms with Crippen LogP contribution in [0, 0.1) is 0 Å². The van der Waals surface area contributed by atoms with E-state index in [9.17, 15) is 22.8 Å². The number of nitrogens with one attached hydrogen (secondary N) is 1. The van der Waals surface area contributed by atoms with Crippen LogP contribution in [0.2, 0.25) is 0 Å². The van der Waals surface area contributed by atoms with Crippen LogP contribution in [-0.2, 0) is 22.2 Å². The Morgan fingerprint density at radius 3 is 1.87 bits per heavy atom. The number of primary amides is 1. The zero-order valence-electron chi connectivity index (χ0n) is 16.5. The van der Waals surface area contributed by atoms with Crippen molar-refractivity contribution in [1.29, 1.82) is 0 Å². The van der Waals surface area contributed by atoms with Crippen molar-refractivity contribution in [3.8, 4) is 0 Å². The SMILES string of the molecule is NC(=O)[C@@H](NC(=O)Cc1cccc(C(F)(F)F)c1)C(c1ccccc1)c1ccccc1. The molecule has 0 aliphatic heterocycles. The first-order valence-electron chi connectivity index (χ1n) is 9.60. The highest BCUT2D eigenvalue weighted by Gasteiger charge is 2.32. The molecule has 31 heavy (non-hydrogen) atoms.